The predicted molar refractivity (Wildman–Crippen MR) is 128 cm³/mol. The Morgan fingerprint density at radius 1 is 1.16 bits per heavy atom. The number of thioether (sulfide) groups is 1. The molecule has 1 aliphatic carbocycles. The lowest BCUT2D eigenvalue weighted by Crippen LogP contribution is -2.31. The molecule has 2 aromatic rings. The molecule has 0 radical (unpaired) electrons. The first-order valence-electron chi connectivity index (χ1n) is 10.6. The Bertz CT molecular complexity index is 1110. The van der Waals surface area contributed by atoms with Crippen molar-refractivity contribution in [2.24, 2.45) is 0 Å². The molecule has 0 spiro atoms. The van der Waals surface area contributed by atoms with Crippen molar-refractivity contribution in [1.82, 2.24) is 5.32 Å². The number of nitrogens with one attached hydrogen (secondary N) is 1. The molecule has 31 heavy (non-hydrogen) atoms. The summed E-state index contributed by atoms with van der Waals surface area (Å²) >= 11 is 7.91. The van der Waals surface area contributed by atoms with Crippen molar-refractivity contribution in [1.29, 1.82) is 5.26 Å². The molecular weight excluding hydrogens is 424 g/mol. The highest BCUT2D eigenvalue weighted by atomic mass is 35.5. The number of allylic oxidation sites excluding steroid dienone is 3. The number of benzene rings is 2. The van der Waals surface area contributed by atoms with Crippen LogP contribution in [0.25, 0.3) is 0 Å². The maximum atomic E-state index is 12.9. The Hall–Kier alpha value is -2.48. The first-order valence-corrected chi connectivity index (χ1v) is 12.0. The molecule has 1 N–H and O–H groups in total. The van der Waals surface area contributed by atoms with Crippen LogP contribution >= 0.6 is 23.4 Å². The van der Waals surface area contributed by atoms with E-state index in [0.717, 1.165) is 45.3 Å². The molecule has 2 aliphatic rings. The van der Waals surface area contributed by atoms with Crippen LogP contribution < -0.4 is 5.32 Å². The average Bonchev–Trinajstić information content (AvgIpc) is 2.77. The topological polar surface area (TPSA) is 52.9 Å². The Kier molecular flexibility index (Phi) is 6.55. The zero-order valence-electron chi connectivity index (χ0n) is 17.7. The van der Waals surface area contributed by atoms with Crippen LogP contribution in [-0.4, -0.2) is 5.78 Å². The lowest BCUT2D eigenvalue weighted by molar-refractivity contribution is -0.116. The highest BCUT2D eigenvalue weighted by Crippen LogP contribution is 2.44. The van der Waals surface area contributed by atoms with E-state index in [9.17, 15) is 10.1 Å². The second-order valence-corrected chi connectivity index (χ2v) is 9.68. The number of nitriles is 1. The zero-order chi connectivity index (χ0) is 22.0. The van der Waals surface area contributed by atoms with Gasteiger partial charge in [-0.1, -0.05) is 67.9 Å². The molecule has 0 saturated carbocycles. The number of dihydropyridines is 1. The summed E-state index contributed by atoms with van der Waals surface area (Å²) in [5.74, 6) is 0.919. The van der Waals surface area contributed by atoms with Gasteiger partial charge in [-0.25, -0.2) is 0 Å². The highest BCUT2D eigenvalue weighted by molar-refractivity contribution is 8.02. The smallest absolute Gasteiger partial charge is 0.161 e. The number of rotatable bonds is 5. The van der Waals surface area contributed by atoms with Gasteiger partial charge in [0.05, 0.1) is 22.6 Å². The Morgan fingerprint density at radius 3 is 2.58 bits per heavy atom. The van der Waals surface area contributed by atoms with Crippen molar-refractivity contribution < 1.29 is 4.79 Å². The fourth-order valence-corrected chi connectivity index (χ4v) is 5.56. The SMILES string of the molecule is CC(C)c1ccc([C@H]2C(C#N)=C(SCc3ccccc3Cl)NC3=C2C(=O)CCC3)cc1. The maximum Gasteiger partial charge on any atom is 0.161 e. The minimum absolute atomic E-state index is 0.148. The quantitative estimate of drug-likeness (QED) is 0.544. The molecule has 0 unspecified atom stereocenters. The maximum absolute atomic E-state index is 12.9. The van der Waals surface area contributed by atoms with Crippen molar-refractivity contribution in [3.8, 4) is 6.07 Å². The van der Waals surface area contributed by atoms with Crippen LogP contribution in [0, 0.1) is 11.3 Å². The molecular formula is C26H25ClN2OS. The second kappa shape index (κ2) is 9.34. The van der Waals surface area contributed by atoms with E-state index in [1.54, 1.807) is 11.8 Å². The van der Waals surface area contributed by atoms with E-state index >= 15 is 0 Å². The summed E-state index contributed by atoms with van der Waals surface area (Å²) in [7, 11) is 0. The van der Waals surface area contributed by atoms with Crippen LogP contribution in [0.4, 0.5) is 0 Å². The van der Waals surface area contributed by atoms with Gasteiger partial charge in [0.15, 0.2) is 5.78 Å². The zero-order valence-corrected chi connectivity index (χ0v) is 19.3. The minimum Gasteiger partial charge on any atom is -0.352 e. The summed E-state index contributed by atoms with van der Waals surface area (Å²) in [4.78, 5) is 12.9. The standard InChI is InChI=1S/C26H25ClN2OS/c1-16(2)17-10-12-18(13-11-17)24-20(14-28)26(29-22-8-5-9-23(30)25(22)24)31-15-19-6-3-4-7-21(19)27/h3-4,6-7,10-13,16,24,29H,5,8-9,15H2,1-2H3/t24-/m0/s1. The molecule has 0 saturated heterocycles. The van der Waals surface area contributed by atoms with Gasteiger partial charge in [-0.05, 0) is 41.5 Å². The number of carbonyl (C=O) groups is 1. The normalized spacial score (nSPS) is 18.7. The number of halogens is 1. The van der Waals surface area contributed by atoms with Crippen LogP contribution in [0.5, 0.6) is 0 Å². The molecule has 1 atom stereocenters. The van der Waals surface area contributed by atoms with Crippen molar-refractivity contribution in [3.05, 3.63) is 92.1 Å². The van der Waals surface area contributed by atoms with Crippen molar-refractivity contribution in [2.75, 3.05) is 0 Å². The van der Waals surface area contributed by atoms with E-state index in [-0.39, 0.29) is 11.7 Å². The first-order chi connectivity index (χ1) is 15.0. The Balaban J connectivity index is 1.74. The molecule has 0 aromatic heterocycles. The largest absolute Gasteiger partial charge is 0.352 e. The van der Waals surface area contributed by atoms with Gasteiger partial charge in [-0.15, -0.1) is 11.8 Å². The summed E-state index contributed by atoms with van der Waals surface area (Å²) < 4.78 is 0. The van der Waals surface area contributed by atoms with Gasteiger partial charge in [-0.3, -0.25) is 4.79 Å². The third kappa shape index (κ3) is 4.44. The number of nitrogens with zero attached hydrogens (tertiary/aromatic N) is 1. The molecule has 0 fully saturated rings. The van der Waals surface area contributed by atoms with E-state index in [4.69, 9.17) is 11.6 Å². The first kappa shape index (κ1) is 21.7. The third-order valence-electron chi connectivity index (χ3n) is 5.93. The Labute approximate surface area is 193 Å². The molecule has 4 rings (SSSR count). The van der Waals surface area contributed by atoms with Crippen LogP contribution in [0.1, 0.15) is 61.6 Å². The van der Waals surface area contributed by atoms with Gasteiger partial charge in [0, 0.05) is 28.5 Å². The van der Waals surface area contributed by atoms with E-state index in [1.807, 2.05) is 24.3 Å². The van der Waals surface area contributed by atoms with Gasteiger partial charge in [0.25, 0.3) is 0 Å². The van der Waals surface area contributed by atoms with E-state index in [1.165, 1.54) is 5.56 Å². The van der Waals surface area contributed by atoms with Crippen LogP contribution in [0.2, 0.25) is 5.02 Å². The van der Waals surface area contributed by atoms with Crippen LogP contribution in [0.3, 0.4) is 0 Å². The van der Waals surface area contributed by atoms with Gasteiger partial charge in [0.2, 0.25) is 0 Å². The summed E-state index contributed by atoms with van der Waals surface area (Å²) in [6, 6.07) is 18.6. The minimum atomic E-state index is -0.316. The second-order valence-electron chi connectivity index (χ2n) is 8.28. The lowest BCUT2D eigenvalue weighted by Gasteiger charge is -2.33. The van der Waals surface area contributed by atoms with E-state index in [0.29, 0.717) is 23.7 Å². The van der Waals surface area contributed by atoms with Crippen molar-refractivity contribution in [2.45, 2.75) is 50.7 Å². The molecule has 0 bridgehead atoms. The van der Waals surface area contributed by atoms with Gasteiger partial charge >= 0.3 is 0 Å². The highest BCUT2D eigenvalue weighted by Gasteiger charge is 2.37. The molecule has 0 amide bonds. The van der Waals surface area contributed by atoms with Crippen molar-refractivity contribution in [3.63, 3.8) is 0 Å². The van der Waals surface area contributed by atoms with Crippen molar-refractivity contribution >= 4 is 29.1 Å². The molecule has 158 valence electrons. The Morgan fingerprint density at radius 2 is 1.90 bits per heavy atom. The number of ketones is 1. The third-order valence-corrected chi connectivity index (χ3v) is 7.36. The number of carbonyl (C=O) groups excluding carboxylic acids is 1. The molecule has 1 heterocycles. The molecule has 3 nitrogen and oxygen atoms in total. The number of hydrogen-bond acceptors (Lipinski definition) is 4. The van der Waals surface area contributed by atoms with Gasteiger partial charge < -0.3 is 5.32 Å². The molecule has 5 heteroatoms. The van der Waals surface area contributed by atoms with Gasteiger partial charge in [-0.2, -0.15) is 5.26 Å². The van der Waals surface area contributed by atoms with E-state index < -0.39 is 0 Å². The molecule has 1 aliphatic heterocycles. The van der Waals surface area contributed by atoms with E-state index in [2.05, 4.69) is 49.5 Å². The molecule has 2 aromatic carbocycles. The average molecular weight is 449 g/mol. The summed E-state index contributed by atoms with van der Waals surface area (Å²) in [5, 5.41) is 15.1. The predicted octanol–water partition coefficient (Wildman–Crippen LogP) is 6.83. The summed E-state index contributed by atoms with van der Waals surface area (Å²) in [6.45, 7) is 4.32. The summed E-state index contributed by atoms with van der Waals surface area (Å²) in [6.07, 6.45) is 2.21. The van der Waals surface area contributed by atoms with Crippen LogP contribution in [-0.2, 0) is 10.5 Å². The van der Waals surface area contributed by atoms with Crippen LogP contribution in [0.15, 0.2) is 70.4 Å². The number of hydrogen-bond donors (Lipinski definition) is 1. The summed E-state index contributed by atoms with van der Waals surface area (Å²) in [5.41, 5.74) is 5.62. The fraction of sp³-hybridized carbons (Fsp3) is 0.308. The van der Waals surface area contributed by atoms with Gasteiger partial charge in [0.1, 0.15) is 0 Å². The number of Topliss-reactive ketones (excluding diaryl/α,β-unsaturated/α-hetero) is 1. The monoisotopic (exact) mass is 448 g/mol. The lowest BCUT2D eigenvalue weighted by atomic mass is 9.76. The fourth-order valence-electron chi connectivity index (χ4n) is 4.21.